The summed E-state index contributed by atoms with van der Waals surface area (Å²) in [5.41, 5.74) is 0. The molecule has 0 radical (unpaired) electrons. The second-order valence-corrected chi connectivity index (χ2v) is 1.37. The van der Waals surface area contributed by atoms with Gasteiger partial charge in [0, 0.05) is 0 Å². The first-order chi connectivity index (χ1) is 2.91. The van der Waals surface area contributed by atoms with Crippen molar-refractivity contribution in [3.05, 3.63) is 19.1 Å². The van der Waals surface area contributed by atoms with Gasteiger partial charge in [-0.1, -0.05) is 0 Å². The molecule has 0 aliphatic carbocycles. The zero-order valence-corrected chi connectivity index (χ0v) is 5.12. The first-order valence-corrected chi connectivity index (χ1v) is 2.71. The molecule has 0 fully saturated rings. The molecule has 0 aromatic carbocycles. The van der Waals surface area contributed by atoms with Crippen molar-refractivity contribution in [2.75, 3.05) is 0 Å². The van der Waals surface area contributed by atoms with Gasteiger partial charge in [0.2, 0.25) is 0 Å². The molecule has 0 aromatic heterocycles. The van der Waals surface area contributed by atoms with Gasteiger partial charge in [-0.2, -0.15) is 0 Å². The van der Waals surface area contributed by atoms with Gasteiger partial charge < -0.3 is 0 Å². The third-order valence-electron chi connectivity index (χ3n) is 0.367. The first-order valence-electron chi connectivity index (χ1n) is 1.77. The fourth-order valence-electron chi connectivity index (χ4n) is 0.142. The number of hydrogen-bond acceptors (Lipinski definition) is 0. The monoisotopic (exact) mass is 170 g/mol. The minimum atomic E-state index is 0.876. The Balaban J connectivity index is 2.94. The summed E-state index contributed by atoms with van der Waals surface area (Å²) in [4.78, 5) is 0. The Morgan fingerprint density at radius 2 is 2.33 bits per heavy atom. The molecule has 0 nitrogen and oxygen atoms in total. The van der Waals surface area contributed by atoms with E-state index in [0.717, 1.165) is 6.42 Å². The van der Waals surface area contributed by atoms with Gasteiger partial charge >= 0.3 is 48.0 Å². The summed E-state index contributed by atoms with van der Waals surface area (Å²) < 4.78 is 1.88. The van der Waals surface area contributed by atoms with Crippen molar-refractivity contribution in [3.63, 3.8) is 0 Å². The standard InChI is InChI=1S/C5H7.Rh/c1-3-5-4-2;/h1,3,5H,2,4H2;/q-1;/b5-3-;. The maximum absolute atomic E-state index is 3.60. The van der Waals surface area contributed by atoms with Crippen LogP contribution >= 0.6 is 0 Å². The van der Waals surface area contributed by atoms with E-state index in [1.165, 1.54) is 0 Å². The molecule has 0 unspecified atom stereocenters. The van der Waals surface area contributed by atoms with Gasteiger partial charge in [-0.15, -0.1) is 0 Å². The number of hydrogen-bond donors (Lipinski definition) is 0. The predicted octanol–water partition coefficient (Wildman–Crippen LogP) is 1.12. The van der Waals surface area contributed by atoms with E-state index in [-0.39, 0.29) is 0 Å². The van der Waals surface area contributed by atoms with E-state index in [4.69, 9.17) is 0 Å². The topological polar surface area (TPSA) is 0 Å². The van der Waals surface area contributed by atoms with Crippen LogP contribution in [-0.2, 0) is 17.9 Å². The van der Waals surface area contributed by atoms with Crippen LogP contribution in [-0.4, -0.2) is 4.61 Å². The van der Waals surface area contributed by atoms with E-state index in [1.54, 1.807) is 0 Å². The zero-order chi connectivity index (χ0) is 4.83. The van der Waals surface area contributed by atoms with Crippen molar-refractivity contribution in [2.45, 2.75) is 6.42 Å². The van der Waals surface area contributed by atoms with Gasteiger partial charge in [0.05, 0.1) is 0 Å². The van der Waals surface area contributed by atoms with Crippen LogP contribution in [0.25, 0.3) is 0 Å². The van der Waals surface area contributed by atoms with Crippen molar-refractivity contribution < 1.29 is 17.9 Å². The third kappa shape index (κ3) is 4.23. The third-order valence-corrected chi connectivity index (χ3v) is 0.682. The van der Waals surface area contributed by atoms with E-state index in [1.807, 2.05) is 16.8 Å². The second-order valence-electron chi connectivity index (χ2n) is 0.828. The van der Waals surface area contributed by atoms with Gasteiger partial charge in [-0.3, -0.25) is 0 Å². The molecule has 0 atom stereocenters. The SMILES string of the molecule is [CH2-]C/C=C\[CH]=[Rh]. The molecule has 0 aliphatic rings. The molecule has 0 N–H and O–H groups in total. The van der Waals surface area contributed by atoms with Crippen LogP contribution in [0.5, 0.6) is 0 Å². The summed E-state index contributed by atoms with van der Waals surface area (Å²) in [6.45, 7) is 3.60. The van der Waals surface area contributed by atoms with E-state index < -0.39 is 0 Å². The van der Waals surface area contributed by atoms with Crippen molar-refractivity contribution in [3.8, 4) is 0 Å². The van der Waals surface area contributed by atoms with Crippen LogP contribution in [0.3, 0.4) is 0 Å². The van der Waals surface area contributed by atoms with Crippen LogP contribution in [0.1, 0.15) is 6.42 Å². The Labute approximate surface area is 48.5 Å². The summed E-state index contributed by atoms with van der Waals surface area (Å²) >= 11 is 2.65. The molecule has 0 saturated heterocycles. The van der Waals surface area contributed by atoms with E-state index in [2.05, 4.69) is 24.8 Å². The molecule has 1 heteroatoms. The summed E-state index contributed by atoms with van der Waals surface area (Å²) in [6.07, 6.45) is 4.81. The van der Waals surface area contributed by atoms with Gasteiger partial charge in [-0.05, 0) is 0 Å². The van der Waals surface area contributed by atoms with Crippen LogP contribution in [0, 0.1) is 6.92 Å². The van der Waals surface area contributed by atoms with E-state index in [0.29, 0.717) is 0 Å². The molecule has 0 bridgehead atoms. The zero-order valence-electron chi connectivity index (χ0n) is 3.48. The van der Waals surface area contributed by atoms with Gasteiger partial charge in [0.15, 0.2) is 0 Å². The van der Waals surface area contributed by atoms with Gasteiger partial charge in [0.1, 0.15) is 0 Å². The molecule has 0 amide bonds. The Hall–Kier alpha value is 0.233. The van der Waals surface area contributed by atoms with Crippen molar-refractivity contribution in [1.82, 2.24) is 0 Å². The first kappa shape index (κ1) is 6.23. The van der Waals surface area contributed by atoms with Gasteiger partial charge in [0.25, 0.3) is 0 Å². The molecule has 0 saturated carbocycles. The normalized spacial score (nSPS) is 9.67. The number of rotatable bonds is 2. The Morgan fingerprint density at radius 1 is 1.67 bits per heavy atom. The van der Waals surface area contributed by atoms with E-state index in [9.17, 15) is 0 Å². The Bertz CT molecular complexity index is 55.0. The molecular weight excluding hydrogens is 163 g/mol. The van der Waals surface area contributed by atoms with E-state index >= 15 is 0 Å². The molecule has 0 aliphatic heterocycles. The summed E-state index contributed by atoms with van der Waals surface area (Å²) in [5.74, 6) is 0. The molecule has 37 valence electrons. The fraction of sp³-hybridized carbons (Fsp3) is 0.200. The van der Waals surface area contributed by atoms with Crippen molar-refractivity contribution in [2.24, 2.45) is 0 Å². The van der Waals surface area contributed by atoms with Crippen molar-refractivity contribution in [1.29, 1.82) is 0 Å². The quantitative estimate of drug-likeness (QED) is 0.430. The Kier molecular flexibility index (Phi) is 5.44. The molecule has 0 aromatic rings. The minimum absolute atomic E-state index is 0.876. The average molecular weight is 170 g/mol. The molecule has 0 heterocycles. The van der Waals surface area contributed by atoms with Crippen LogP contribution in [0.4, 0.5) is 0 Å². The predicted molar refractivity (Wildman–Crippen MR) is 25.2 cm³/mol. The molecule has 0 rings (SSSR count). The van der Waals surface area contributed by atoms with Crippen LogP contribution < -0.4 is 0 Å². The maximum atomic E-state index is 3.60. The van der Waals surface area contributed by atoms with Gasteiger partial charge in [-0.25, -0.2) is 0 Å². The summed E-state index contributed by atoms with van der Waals surface area (Å²) in [6, 6.07) is 0. The fourth-order valence-corrected chi connectivity index (χ4v) is 0.365. The summed E-state index contributed by atoms with van der Waals surface area (Å²) in [5, 5.41) is 0. The average Bonchev–Trinajstić information content (AvgIpc) is 1.61. The Morgan fingerprint density at radius 3 is 2.50 bits per heavy atom. The molecule has 6 heavy (non-hydrogen) atoms. The number of allylic oxidation sites excluding steroid dienone is 2. The molecule has 0 spiro atoms. The van der Waals surface area contributed by atoms with Crippen molar-refractivity contribution >= 4 is 4.61 Å². The second kappa shape index (κ2) is 5.23. The summed E-state index contributed by atoms with van der Waals surface area (Å²) in [7, 11) is 0. The van der Waals surface area contributed by atoms with Crippen LogP contribution in [0.2, 0.25) is 0 Å². The van der Waals surface area contributed by atoms with Crippen LogP contribution in [0.15, 0.2) is 12.2 Å². The molecular formula is C5H7Rh-.